The molecule has 0 fully saturated rings. The van der Waals surface area contributed by atoms with Gasteiger partial charge in [-0.05, 0) is 74.4 Å². The number of benzene rings is 1. The molecule has 1 aromatic carbocycles. The maximum Gasteiger partial charge on any atom is 0.122 e. The van der Waals surface area contributed by atoms with Crippen LogP contribution in [0.15, 0.2) is 12.1 Å². The summed E-state index contributed by atoms with van der Waals surface area (Å²) in [5, 5.41) is 0. The van der Waals surface area contributed by atoms with E-state index in [0.717, 1.165) is 25.2 Å². The van der Waals surface area contributed by atoms with Crippen molar-refractivity contribution in [3.8, 4) is 5.75 Å². The quantitative estimate of drug-likeness (QED) is 0.768. The van der Waals surface area contributed by atoms with Crippen LogP contribution in [0.3, 0.4) is 0 Å². The van der Waals surface area contributed by atoms with Gasteiger partial charge in [-0.3, -0.25) is 0 Å². The van der Waals surface area contributed by atoms with E-state index in [9.17, 15) is 0 Å². The van der Waals surface area contributed by atoms with Crippen molar-refractivity contribution in [3.05, 3.63) is 28.8 Å². The summed E-state index contributed by atoms with van der Waals surface area (Å²) < 4.78 is 5.78. The van der Waals surface area contributed by atoms with Crippen LogP contribution in [0.4, 0.5) is 0 Å². The summed E-state index contributed by atoms with van der Waals surface area (Å²) in [6.45, 7) is 10.8. The van der Waals surface area contributed by atoms with Crippen LogP contribution < -0.4 is 16.2 Å². The number of ether oxygens (including phenoxy) is 1. The fourth-order valence-corrected chi connectivity index (χ4v) is 2.63. The monoisotopic (exact) mass is 278 g/mol. The predicted molar refractivity (Wildman–Crippen MR) is 86.3 cm³/mol. The maximum absolute atomic E-state index is 5.78. The molecule has 0 aliphatic rings. The van der Waals surface area contributed by atoms with Gasteiger partial charge in [0.1, 0.15) is 5.75 Å². The van der Waals surface area contributed by atoms with Crippen LogP contribution in [0.25, 0.3) is 0 Å². The van der Waals surface area contributed by atoms with E-state index in [-0.39, 0.29) is 0 Å². The maximum atomic E-state index is 5.78. The topological polar surface area (TPSA) is 61.3 Å². The lowest BCUT2D eigenvalue weighted by Gasteiger charge is -2.22. The first-order valence-corrected chi connectivity index (χ1v) is 7.68. The highest BCUT2D eigenvalue weighted by molar-refractivity contribution is 5.44. The second-order valence-corrected chi connectivity index (χ2v) is 5.73. The molecule has 0 saturated carbocycles. The number of nitrogens with two attached hydrogens (primary N) is 2. The van der Waals surface area contributed by atoms with Crippen LogP contribution in [-0.2, 0) is 0 Å². The first kappa shape index (κ1) is 17.0. The summed E-state index contributed by atoms with van der Waals surface area (Å²) in [7, 11) is 0. The van der Waals surface area contributed by atoms with Gasteiger partial charge >= 0.3 is 0 Å². The van der Waals surface area contributed by atoms with E-state index in [1.54, 1.807) is 0 Å². The molecule has 3 nitrogen and oxygen atoms in total. The molecule has 0 aliphatic carbocycles. The third-order valence-corrected chi connectivity index (χ3v) is 4.13. The molecule has 20 heavy (non-hydrogen) atoms. The Bertz CT molecular complexity index is 414. The van der Waals surface area contributed by atoms with Gasteiger partial charge in [0.25, 0.3) is 0 Å². The molecule has 0 amide bonds. The second kappa shape index (κ2) is 8.28. The fourth-order valence-electron chi connectivity index (χ4n) is 2.63. The van der Waals surface area contributed by atoms with E-state index in [1.807, 2.05) is 0 Å². The summed E-state index contributed by atoms with van der Waals surface area (Å²) in [6, 6.07) is 4.30. The molecular formula is C17H30N2O. The molecule has 1 rings (SSSR count). The molecule has 3 heteroatoms. The van der Waals surface area contributed by atoms with Crippen LogP contribution in [0, 0.1) is 19.8 Å². The highest BCUT2D eigenvalue weighted by Crippen LogP contribution is 2.31. The number of hydrogen-bond donors (Lipinski definition) is 2. The average molecular weight is 278 g/mol. The van der Waals surface area contributed by atoms with Crippen molar-refractivity contribution in [2.75, 3.05) is 19.7 Å². The zero-order valence-corrected chi connectivity index (χ0v) is 13.4. The van der Waals surface area contributed by atoms with Crippen LogP contribution in [0.5, 0.6) is 5.75 Å². The van der Waals surface area contributed by atoms with Crippen LogP contribution in [0.2, 0.25) is 0 Å². The molecule has 114 valence electrons. The van der Waals surface area contributed by atoms with E-state index >= 15 is 0 Å². The highest BCUT2D eigenvalue weighted by Gasteiger charge is 2.16. The average Bonchev–Trinajstić information content (AvgIpc) is 2.46. The molecule has 0 bridgehead atoms. The molecule has 4 N–H and O–H groups in total. The van der Waals surface area contributed by atoms with Crippen molar-refractivity contribution < 1.29 is 4.74 Å². The van der Waals surface area contributed by atoms with Crippen LogP contribution in [-0.4, -0.2) is 19.7 Å². The Morgan fingerprint density at radius 1 is 1.10 bits per heavy atom. The van der Waals surface area contributed by atoms with Gasteiger partial charge < -0.3 is 16.2 Å². The van der Waals surface area contributed by atoms with Gasteiger partial charge in [-0.2, -0.15) is 0 Å². The third-order valence-electron chi connectivity index (χ3n) is 4.13. The predicted octanol–water partition coefficient (Wildman–Crippen LogP) is 3.12. The lowest BCUT2D eigenvalue weighted by Crippen LogP contribution is -2.24. The van der Waals surface area contributed by atoms with Crippen molar-refractivity contribution >= 4 is 0 Å². The minimum atomic E-state index is 0.403. The first-order valence-electron chi connectivity index (χ1n) is 7.68. The Labute approximate surface area is 123 Å². The Morgan fingerprint density at radius 2 is 1.75 bits per heavy atom. The summed E-state index contributed by atoms with van der Waals surface area (Å²) in [6.07, 6.45) is 2.08. The van der Waals surface area contributed by atoms with Crippen molar-refractivity contribution in [2.24, 2.45) is 17.4 Å². The van der Waals surface area contributed by atoms with E-state index in [4.69, 9.17) is 16.2 Å². The zero-order chi connectivity index (χ0) is 15.1. The van der Waals surface area contributed by atoms with Gasteiger partial charge in [0.15, 0.2) is 0 Å². The fraction of sp³-hybridized carbons (Fsp3) is 0.647. The molecule has 1 aromatic rings. The zero-order valence-electron chi connectivity index (χ0n) is 13.4. The number of rotatable bonds is 8. The van der Waals surface area contributed by atoms with Crippen molar-refractivity contribution in [2.45, 2.75) is 46.5 Å². The molecule has 0 radical (unpaired) electrons. The lowest BCUT2D eigenvalue weighted by atomic mass is 9.86. The van der Waals surface area contributed by atoms with Crippen molar-refractivity contribution in [1.82, 2.24) is 0 Å². The van der Waals surface area contributed by atoms with Crippen molar-refractivity contribution in [1.29, 1.82) is 0 Å². The smallest absolute Gasteiger partial charge is 0.122 e. The van der Waals surface area contributed by atoms with Gasteiger partial charge in [-0.15, -0.1) is 0 Å². The standard InChI is InChI=1S/C17H30N2O/c1-5-8-20-17-7-6-16(13(3)14(17)4)12(2)9-15(10-18)11-19/h6-7,12,15H,5,8-11,18-19H2,1-4H3. The third kappa shape index (κ3) is 4.22. The minimum Gasteiger partial charge on any atom is -0.493 e. The molecule has 0 aromatic heterocycles. The second-order valence-electron chi connectivity index (χ2n) is 5.73. The van der Waals surface area contributed by atoms with Crippen molar-refractivity contribution in [3.63, 3.8) is 0 Å². The Kier molecular flexibility index (Phi) is 7.03. The number of hydrogen-bond acceptors (Lipinski definition) is 3. The Morgan fingerprint density at radius 3 is 2.30 bits per heavy atom. The van der Waals surface area contributed by atoms with Crippen LogP contribution in [0.1, 0.15) is 49.3 Å². The van der Waals surface area contributed by atoms with Gasteiger partial charge in [0, 0.05) is 0 Å². The van der Waals surface area contributed by atoms with E-state index in [1.165, 1.54) is 16.7 Å². The summed E-state index contributed by atoms with van der Waals surface area (Å²) in [5.74, 6) is 1.89. The largest absolute Gasteiger partial charge is 0.493 e. The Hall–Kier alpha value is -1.06. The Balaban J connectivity index is 2.88. The summed E-state index contributed by atoms with van der Waals surface area (Å²) in [5.41, 5.74) is 15.5. The molecule has 0 saturated heterocycles. The van der Waals surface area contributed by atoms with E-state index in [2.05, 4.69) is 39.8 Å². The van der Waals surface area contributed by atoms with E-state index in [0.29, 0.717) is 24.9 Å². The van der Waals surface area contributed by atoms with Gasteiger partial charge in [-0.1, -0.05) is 19.9 Å². The summed E-state index contributed by atoms with van der Waals surface area (Å²) in [4.78, 5) is 0. The minimum absolute atomic E-state index is 0.403. The highest BCUT2D eigenvalue weighted by atomic mass is 16.5. The summed E-state index contributed by atoms with van der Waals surface area (Å²) >= 11 is 0. The van der Waals surface area contributed by atoms with Gasteiger partial charge in [0.2, 0.25) is 0 Å². The molecule has 1 unspecified atom stereocenters. The van der Waals surface area contributed by atoms with E-state index < -0.39 is 0 Å². The molecule has 0 spiro atoms. The molecule has 0 heterocycles. The SMILES string of the molecule is CCCOc1ccc(C(C)CC(CN)CN)c(C)c1C. The molecule has 0 aliphatic heterocycles. The normalized spacial score (nSPS) is 12.8. The molecule has 1 atom stereocenters. The van der Waals surface area contributed by atoms with Crippen LogP contribution >= 0.6 is 0 Å². The van der Waals surface area contributed by atoms with Gasteiger partial charge in [-0.25, -0.2) is 0 Å². The molecular weight excluding hydrogens is 248 g/mol. The first-order chi connectivity index (χ1) is 9.54. The lowest BCUT2D eigenvalue weighted by molar-refractivity contribution is 0.315. The van der Waals surface area contributed by atoms with Gasteiger partial charge in [0.05, 0.1) is 6.61 Å².